The Kier molecular flexibility index (Phi) is 5.43. The molecule has 1 N–H and O–H groups in total. The number of carbonyl (C=O) groups is 2. The second kappa shape index (κ2) is 8.31. The quantitative estimate of drug-likeness (QED) is 0.607. The fraction of sp³-hybridized carbons (Fsp3) is 0.200. The van der Waals surface area contributed by atoms with Crippen LogP contribution in [0.15, 0.2) is 66.7 Å². The lowest BCUT2D eigenvalue weighted by Gasteiger charge is -2.14. The van der Waals surface area contributed by atoms with Crippen LogP contribution in [0.25, 0.3) is 11.1 Å². The molecule has 0 bridgehead atoms. The Balaban J connectivity index is 1.69. The van der Waals surface area contributed by atoms with Gasteiger partial charge in [-0.05, 0) is 59.9 Å². The number of carbonyl (C=O) groups excluding carboxylic acids is 2. The van der Waals surface area contributed by atoms with E-state index in [-0.39, 0.29) is 11.7 Å². The first-order valence-corrected chi connectivity index (χ1v) is 9.96. The highest BCUT2D eigenvalue weighted by atomic mass is 16.5. The van der Waals surface area contributed by atoms with E-state index in [1.807, 2.05) is 54.6 Å². The molecule has 0 saturated heterocycles. The van der Waals surface area contributed by atoms with Gasteiger partial charge in [0.05, 0.1) is 12.3 Å². The van der Waals surface area contributed by atoms with Crippen molar-refractivity contribution in [2.75, 3.05) is 11.9 Å². The Morgan fingerprint density at radius 1 is 1.00 bits per heavy atom. The molecular formula is C25H23NO3. The van der Waals surface area contributed by atoms with E-state index in [0.29, 0.717) is 36.3 Å². The standard InChI is InChI=1S/C25H23NO3/c1-2-15-29-19-10-6-9-18(16-19)20-11-13-22(24-21(20)12-14-23(24)27)26-25(28)17-7-4-3-5-8-17/h3-11,13,16H,2,12,14-15H2,1H3,(H,26,28). The van der Waals surface area contributed by atoms with Crippen molar-refractivity contribution in [2.24, 2.45) is 0 Å². The molecule has 1 aliphatic rings. The molecule has 0 saturated carbocycles. The van der Waals surface area contributed by atoms with Gasteiger partial charge in [0.2, 0.25) is 0 Å². The van der Waals surface area contributed by atoms with Crippen molar-refractivity contribution in [3.63, 3.8) is 0 Å². The molecule has 4 heteroatoms. The molecule has 29 heavy (non-hydrogen) atoms. The van der Waals surface area contributed by atoms with E-state index in [4.69, 9.17) is 4.74 Å². The average Bonchev–Trinajstić information content (AvgIpc) is 3.15. The largest absolute Gasteiger partial charge is 0.494 e. The molecule has 146 valence electrons. The number of anilines is 1. The smallest absolute Gasteiger partial charge is 0.255 e. The summed E-state index contributed by atoms with van der Waals surface area (Å²) in [6.07, 6.45) is 2.09. The topological polar surface area (TPSA) is 55.4 Å². The zero-order chi connectivity index (χ0) is 20.2. The summed E-state index contributed by atoms with van der Waals surface area (Å²) in [7, 11) is 0. The highest BCUT2D eigenvalue weighted by Crippen LogP contribution is 2.38. The summed E-state index contributed by atoms with van der Waals surface area (Å²) in [6, 6.07) is 20.8. The van der Waals surface area contributed by atoms with Gasteiger partial charge in [-0.25, -0.2) is 0 Å². The molecule has 0 spiro atoms. The third-order valence-electron chi connectivity index (χ3n) is 5.10. The van der Waals surface area contributed by atoms with E-state index < -0.39 is 0 Å². The van der Waals surface area contributed by atoms with Crippen molar-refractivity contribution in [3.8, 4) is 16.9 Å². The predicted molar refractivity (Wildman–Crippen MR) is 115 cm³/mol. The molecule has 0 radical (unpaired) electrons. The van der Waals surface area contributed by atoms with Crippen molar-refractivity contribution in [3.05, 3.63) is 83.4 Å². The fourth-order valence-electron chi connectivity index (χ4n) is 3.72. The molecule has 0 aromatic heterocycles. The summed E-state index contributed by atoms with van der Waals surface area (Å²) >= 11 is 0. The Labute approximate surface area is 170 Å². The van der Waals surface area contributed by atoms with Crippen LogP contribution >= 0.6 is 0 Å². The van der Waals surface area contributed by atoms with E-state index in [2.05, 4.69) is 12.2 Å². The van der Waals surface area contributed by atoms with Crippen LogP contribution in [0.5, 0.6) is 5.75 Å². The summed E-state index contributed by atoms with van der Waals surface area (Å²) in [5.74, 6) is 0.683. The SMILES string of the molecule is CCCOc1cccc(-c2ccc(NC(=O)c3ccccc3)c3c2CCC3=O)c1. The summed E-state index contributed by atoms with van der Waals surface area (Å²) < 4.78 is 5.76. The number of Topliss-reactive ketones (excluding diaryl/α,β-unsaturated/α-hetero) is 1. The molecule has 1 aliphatic carbocycles. The monoisotopic (exact) mass is 385 g/mol. The molecule has 3 aromatic carbocycles. The van der Waals surface area contributed by atoms with E-state index in [1.54, 1.807) is 12.1 Å². The third kappa shape index (κ3) is 3.92. The summed E-state index contributed by atoms with van der Waals surface area (Å²) in [6.45, 7) is 2.75. The molecule has 0 heterocycles. The number of hydrogen-bond donors (Lipinski definition) is 1. The Morgan fingerprint density at radius 2 is 1.83 bits per heavy atom. The highest BCUT2D eigenvalue weighted by Gasteiger charge is 2.27. The van der Waals surface area contributed by atoms with Gasteiger partial charge in [0, 0.05) is 17.5 Å². The lowest BCUT2D eigenvalue weighted by Crippen LogP contribution is -2.14. The first-order valence-electron chi connectivity index (χ1n) is 9.96. The van der Waals surface area contributed by atoms with Crippen LogP contribution in [0.2, 0.25) is 0 Å². The minimum Gasteiger partial charge on any atom is -0.494 e. The maximum Gasteiger partial charge on any atom is 0.255 e. The lowest BCUT2D eigenvalue weighted by molar-refractivity contribution is 0.0995. The Bertz CT molecular complexity index is 1060. The average molecular weight is 385 g/mol. The van der Waals surface area contributed by atoms with Crippen LogP contribution in [-0.4, -0.2) is 18.3 Å². The molecule has 4 rings (SSSR count). The number of fused-ring (bicyclic) bond motifs is 1. The van der Waals surface area contributed by atoms with Gasteiger partial charge in [0.1, 0.15) is 5.75 Å². The van der Waals surface area contributed by atoms with Crippen LogP contribution in [0.3, 0.4) is 0 Å². The molecule has 3 aromatic rings. The van der Waals surface area contributed by atoms with Crippen molar-refractivity contribution < 1.29 is 14.3 Å². The second-order valence-corrected chi connectivity index (χ2v) is 7.13. The zero-order valence-corrected chi connectivity index (χ0v) is 16.4. The van der Waals surface area contributed by atoms with Crippen molar-refractivity contribution in [1.29, 1.82) is 0 Å². The molecule has 4 nitrogen and oxygen atoms in total. The maximum atomic E-state index is 12.6. The molecule has 0 fully saturated rings. The highest BCUT2D eigenvalue weighted by molar-refractivity contribution is 6.12. The van der Waals surface area contributed by atoms with Crippen LogP contribution in [0, 0.1) is 0 Å². The van der Waals surface area contributed by atoms with Crippen molar-refractivity contribution in [1.82, 2.24) is 0 Å². The van der Waals surface area contributed by atoms with E-state index in [1.165, 1.54) is 0 Å². The van der Waals surface area contributed by atoms with Gasteiger partial charge in [0.25, 0.3) is 5.91 Å². The summed E-state index contributed by atoms with van der Waals surface area (Å²) in [4.78, 5) is 25.2. The van der Waals surface area contributed by atoms with Crippen LogP contribution in [0.1, 0.15) is 46.0 Å². The lowest BCUT2D eigenvalue weighted by atomic mass is 9.95. The van der Waals surface area contributed by atoms with Gasteiger partial charge in [-0.2, -0.15) is 0 Å². The number of benzene rings is 3. The number of nitrogens with one attached hydrogen (secondary N) is 1. The molecule has 0 aliphatic heterocycles. The number of hydrogen-bond acceptors (Lipinski definition) is 3. The van der Waals surface area contributed by atoms with Gasteiger partial charge >= 0.3 is 0 Å². The first-order chi connectivity index (χ1) is 14.2. The number of amides is 1. The van der Waals surface area contributed by atoms with Crippen LogP contribution in [-0.2, 0) is 6.42 Å². The molecule has 0 atom stereocenters. The fourth-order valence-corrected chi connectivity index (χ4v) is 3.72. The van der Waals surface area contributed by atoms with Gasteiger partial charge in [-0.1, -0.05) is 43.3 Å². The first kappa shape index (κ1) is 18.9. The number of ether oxygens (including phenoxy) is 1. The van der Waals surface area contributed by atoms with Gasteiger partial charge < -0.3 is 10.1 Å². The second-order valence-electron chi connectivity index (χ2n) is 7.13. The number of ketones is 1. The Hall–Kier alpha value is -3.40. The summed E-state index contributed by atoms with van der Waals surface area (Å²) in [5, 5.41) is 2.92. The number of rotatable bonds is 6. The minimum atomic E-state index is -0.213. The third-order valence-corrected chi connectivity index (χ3v) is 5.10. The Morgan fingerprint density at radius 3 is 2.62 bits per heavy atom. The van der Waals surface area contributed by atoms with E-state index >= 15 is 0 Å². The van der Waals surface area contributed by atoms with E-state index in [0.717, 1.165) is 28.9 Å². The molecule has 0 unspecified atom stereocenters. The summed E-state index contributed by atoms with van der Waals surface area (Å²) in [5.41, 5.74) is 4.81. The van der Waals surface area contributed by atoms with Crippen molar-refractivity contribution >= 4 is 17.4 Å². The predicted octanol–water partition coefficient (Wildman–Crippen LogP) is 5.52. The van der Waals surface area contributed by atoms with E-state index in [9.17, 15) is 9.59 Å². The van der Waals surface area contributed by atoms with Gasteiger partial charge in [0.15, 0.2) is 5.78 Å². The van der Waals surface area contributed by atoms with Gasteiger partial charge in [-0.15, -0.1) is 0 Å². The van der Waals surface area contributed by atoms with Gasteiger partial charge in [-0.3, -0.25) is 9.59 Å². The van der Waals surface area contributed by atoms with Crippen molar-refractivity contribution in [2.45, 2.75) is 26.2 Å². The normalized spacial score (nSPS) is 12.5. The minimum absolute atomic E-state index is 0.0728. The maximum absolute atomic E-state index is 12.6. The van der Waals surface area contributed by atoms with Crippen LogP contribution < -0.4 is 10.1 Å². The zero-order valence-electron chi connectivity index (χ0n) is 16.4. The van der Waals surface area contributed by atoms with Crippen LogP contribution in [0.4, 0.5) is 5.69 Å². The molecular weight excluding hydrogens is 362 g/mol. The molecule has 1 amide bonds.